The minimum Gasteiger partial charge on any atom is -0.386 e. The highest BCUT2D eigenvalue weighted by atomic mass is 32.1. The summed E-state index contributed by atoms with van der Waals surface area (Å²) in [6, 6.07) is 10.0. The van der Waals surface area contributed by atoms with Gasteiger partial charge in [-0.1, -0.05) is 24.3 Å². The Balaban J connectivity index is 1.63. The molecule has 1 amide bonds. The molecule has 3 rings (SSSR count). The highest BCUT2D eigenvalue weighted by molar-refractivity contribution is 7.19. The minimum atomic E-state index is -0.640. The number of amides is 1. The summed E-state index contributed by atoms with van der Waals surface area (Å²) in [5, 5.41) is 14.1. The number of carbonyl (C=O) groups is 1. The number of allylic oxidation sites excluding steroid dienone is 1. The van der Waals surface area contributed by atoms with Crippen molar-refractivity contribution in [2.45, 2.75) is 25.4 Å². The standard InChI is InChI=1S/C16H17NO2S/c18-13(10-17-16(19)11-5-1-2-6-11)15-9-12-7-3-4-8-14(12)20-15/h3-5,7-9,13,18H,1-2,6,10H2,(H,17,19). The first kappa shape index (κ1) is 13.3. The monoisotopic (exact) mass is 287 g/mol. The van der Waals surface area contributed by atoms with Crippen molar-refractivity contribution in [2.24, 2.45) is 0 Å². The fourth-order valence-corrected chi connectivity index (χ4v) is 3.50. The van der Waals surface area contributed by atoms with E-state index in [2.05, 4.69) is 5.32 Å². The second-order valence-electron chi connectivity index (χ2n) is 5.03. The van der Waals surface area contributed by atoms with E-state index >= 15 is 0 Å². The van der Waals surface area contributed by atoms with Crippen molar-refractivity contribution in [3.05, 3.63) is 46.9 Å². The van der Waals surface area contributed by atoms with Crippen LogP contribution in [-0.4, -0.2) is 17.6 Å². The quantitative estimate of drug-likeness (QED) is 0.907. The maximum absolute atomic E-state index is 11.9. The molecule has 1 aromatic heterocycles. The van der Waals surface area contributed by atoms with E-state index in [1.54, 1.807) is 11.3 Å². The number of aliphatic hydroxyl groups excluding tert-OH is 1. The molecule has 0 saturated heterocycles. The molecule has 0 bridgehead atoms. The van der Waals surface area contributed by atoms with Crippen LogP contribution in [0.15, 0.2) is 42.0 Å². The van der Waals surface area contributed by atoms with Crippen LogP contribution in [0.3, 0.4) is 0 Å². The Kier molecular flexibility index (Phi) is 3.85. The number of aliphatic hydroxyl groups is 1. The third-order valence-electron chi connectivity index (χ3n) is 3.56. The number of fused-ring (bicyclic) bond motifs is 1. The maximum Gasteiger partial charge on any atom is 0.246 e. The van der Waals surface area contributed by atoms with Gasteiger partial charge in [0.15, 0.2) is 0 Å². The Labute approximate surface area is 121 Å². The molecule has 104 valence electrons. The van der Waals surface area contributed by atoms with E-state index < -0.39 is 6.10 Å². The van der Waals surface area contributed by atoms with Crippen LogP contribution in [0, 0.1) is 0 Å². The van der Waals surface area contributed by atoms with Gasteiger partial charge in [-0.3, -0.25) is 4.79 Å². The molecular weight excluding hydrogens is 270 g/mol. The van der Waals surface area contributed by atoms with Crippen LogP contribution >= 0.6 is 11.3 Å². The van der Waals surface area contributed by atoms with Gasteiger partial charge in [-0.2, -0.15) is 0 Å². The number of carbonyl (C=O) groups excluding carboxylic acids is 1. The van der Waals surface area contributed by atoms with Crippen LogP contribution in [0.1, 0.15) is 30.2 Å². The molecule has 1 aliphatic rings. The van der Waals surface area contributed by atoms with Gasteiger partial charge in [0, 0.05) is 21.7 Å². The zero-order chi connectivity index (χ0) is 13.9. The van der Waals surface area contributed by atoms with Crippen LogP contribution in [0.5, 0.6) is 0 Å². The second kappa shape index (κ2) is 5.77. The summed E-state index contributed by atoms with van der Waals surface area (Å²) in [5.74, 6) is -0.0392. The molecule has 1 atom stereocenters. The average molecular weight is 287 g/mol. The van der Waals surface area contributed by atoms with Crippen molar-refractivity contribution in [1.82, 2.24) is 5.32 Å². The zero-order valence-corrected chi connectivity index (χ0v) is 12.0. The molecule has 0 radical (unpaired) electrons. The number of thiophene rings is 1. The number of nitrogens with one attached hydrogen (secondary N) is 1. The minimum absolute atomic E-state index is 0.0392. The Morgan fingerprint density at radius 1 is 1.40 bits per heavy atom. The van der Waals surface area contributed by atoms with Crippen LogP contribution < -0.4 is 5.32 Å². The van der Waals surface area contributed by atoms with Gasteiger partial charge in [0.1, 0.15) is 6.10 Å². The number of rotatable bonds is 4. The van der Waals surface area contributed by atoms with Crippen molar-refractivity contribution < 1.29 is 9.90 Å². The lowest BCUT2D eigenvalue weighted by molar-refractivity contribution is -0.118. The molecule has 0 saturated carbocycles. The molecule has 1 unspecified atom stereocenters. The molecule has 3 nitrogen and oxygen atoms in total. The lowest BCUT2D eigenvalue weighted by Gasteiger charge is -2.10. The van der Waals surface area contributed by atoms with Crippen LogP contribution in [0.2, 0.25) is 0 Å². The first-order valence-corrected chi connectivity index (χ1v) is 7.69. The lowest BCUT2D eigenvalue weighted by Crippen LogP contribution is -2.28. The van der Waals surface area contributed by atoms with Gasteiger partial charge in [-0.15, -0.1) is 11.3 Å². The van der Waals surface area contributed by atoms with E-state index in [0.29, 0.717) is 0 Å². The van der Waals surface area contributed by atoms with Crippen LogP contribution in [-0.2, 0) is 4.79 Å². The number of hydrogen-bond donors (Lipinski definition) is 2. The molecule has 0 spiro atoms. The Bertz CT molecular complexity index is 626. The van der Waals surface area contributed by atoms with Gasteiger partial charge in [-0.05, 0) is 36.8 Å². The van der Waals surface area contributed by atoms with Gasteiger partial charge in [-0.25, -0.2) is 0 Å². The molecule has 2 N–H and O–H groups in total. The third kappa shape index (κ3) is 2.76. The Morgan fingerprint density at radius 2 is 2.25 bits per heavy atom. The molecule has 1 heterocycles. The van der Waals surface area contributed by atoms with Gasteiger partial charge in [0.05, 0.1) is 0 Å². The zero-order valence-electron chi connectivity index (χ0n) is 11.1. The molecule has 0 fully saturated rings. The first-order valence-electron chi connectivity index (χ1n) is 6.88. The van der Waals surface area contributed by atoms with E-state index in [1.165, 1.54) is 0 Å². The predicted molar refractivity (Wildman–Crippen MR) is 81.7 cm³/mol. The second-order valence-corrected chi connectivity index (χ2v) is 6.15. The first-order chi connectivity index (χ1) is 9.74. The highest BCUT2D eigenvalue weighted by Crippen LogP contribution is 2.29. The van der Waals surface area contributed by atoms with Crippen LogP contribution in [0.25, 0.3) is 10.1 Å². The van der Waals surface area contributed by atoms with Crippen molar-refractivity contribution >= 4 is 27.3 Å². The summed E-state index contributed by atoms with van der Waals surface area (Å²) in [5.41, 5.74) is 0.855. The fourth-order valence-electron chi connectivity index (χ4n) is 2.45. The molecule has 4 heteroatoms. The molecular formula is C16H17NO2S. The summed E-state index contributed by atoms with van der Waals surface area (Å²) >= 11 is 1.57. The molecule has 1 aliphatic carbocycles. The van der Waals surface area contributed by atoms with Gasteiger partial charge < -0.3 is 10.4 Å². The highest BCUT2D eigenvalue weighted by Gasteiger charge is 2.16. The summed E-state index contributed by atoms with van der Waals surface area (Å²) in [6.07, 6.45) is 4.24. The van der Waals surface area contributed by atoms with Crippen molar-refractivity contribution in [2.75, 3.05) is 6.54 Å². The molecule has 2 aromatic rings. The van der Waals surface area contributed by atoms with E-state index in [9.17, 15) is 9.90 Å². The number of benzene rings is 1. The summed E-state index contributed by atoms with van der Waals surface area (Å²) in [6.45, 7) is 0.267. The predicted octanol–water partition coefficient (Wildman–Crippen LogP) is 3.16. The summed E-state index contributed by atoms with van der Waals surface area (Å²) in [4.78, 5) is 12.8. The third-order valence-corrected chi connectivity index (χ3v) is 4.78. The SMILES string of the molecule is O=C(NCC(O)c1cc2ccccc2s1)C1=CCCC1. The van der Waals surface area contributed by atoms with E-state index in [1.807, 2.05) is 36.4 Å². The van der Waals surface area contributed by atoms with Crippen molar-refractivity contribution in [3.8, 4) is 0 Å². The van der Waals surface area contributed by atoms with Gasteiger partial charge in [0.25, 0.3) is 0 Å². The van der Waals surface area contributed by atoms with Crippen molar-refractivity contribution in [3.63, 3.8) is 0 Å². The van der Waals surface area contributed by atoms with Gasteiger partial charge >= 0.3 is 0 Å². The largest absolute Gasteiger partial charge is 0.386 e. The fraction of sp³-hybridized carbons (Fsp3) is 0.312. The average Bonchev–Trinajstić information content (AvgIpc) is 3.12. The van der Waals surface area contributed by atoms with Crippen LogP contribution in [0.4, 0.5) is 0 Å². The van der Waals surface area contributed by atoms with Gasteiger partial charge in [0.2, 0.25) is 5.91 Å². The topological polar surface area (TPSA) is 49.3 Å². The normalized spacial score (nSPS) is 16.1. The summed E-state index contributed by atoms with van der Waals surface area (Å²) < 4.78 is 1.16. The summed E-state index contributed by atoms with van der Waals surface area (Å²) in [7, 11) is 0. The van der Waals surface area contributed by atoms with Crippen molar-refractivity contribution in [1.29, 1.82) is 0 Å². The molecule has 0 aliphatic heterocycles. The van der Waals surface area contributed by atoms with E-state index in [0.717, 1.165) is 39.8 Å². The molecule has 20 heavy (non-hydrogen) atoms. The smallest absolute Gasteiger partial charge is 0.246 e. The number of hydrogen-bond acceptors (Lipinski definition) is 3. The Hall–Kier alpha value is -1.65. The maximum atomic E-state index is 11.9. The molecule has 1 aromatic carbocycles. The van der Waals surface area contributed by atoms with E-state index in [-0.39, 0.29) is 12.5 Å². The van der Waals surface area contributed by atoms with E-state index in [4.69, 9.17) is 0 Å². The Morgan fingerprint density at radius 3 is 3.00 bits per heavy atom. The lowest BCUT2D eigenvalue weighted by atomic mass is 10.2.